The second-order valence-corrected chi connectivity index (χ2v) is 5.23. The van der Waals surface area contributed by atoms with Crippen molar-refractivity contribution in [3.63, 3.8) is 0 Å². The molecule has 5 heteroatoms. The van der Waals surface area contributed by atoms with Gasteiger partial charge in [-0.15, -0.1) is 0 Å². The van der Waals surface area contributed by atoms with Crippen molar-refractivity contribution >= 4 is 11.6 Å². The first-order chi connectivity index (χ1) is 10.7. The summed E-state index contributed by atoms with van der Waals surface area (Å²) in [7, 11) is 4.09. The highest BCUT2D eigenvalue weighted by Gasteiger charge is 1.99. The van der Waals surface area contributed by atoms with Gasteiger partial charge in [0.25, 0.3) is 0 Å². The van der Waals surface area contributed by atoms with Crippen LogP contribution in [0.3, 0.4) is 0 Å². The summed E-state index contributed by atoms with van der Waals surface area (Å²) >= 11 is 0. The van der Waals surface area contributed by atoms with E-state index in [1.807, 2.05) is 21.0 Å². The fraction of sp³-hybridized carbons (Fsp3) is 0.588. The van der Waals surface area contributed by atoms with Crippen molar-refractivity contribution in [2.45, 2.75) is 26.8 Å². The molecule has 0 heterocycles. The molecule has 1 aromatic carbocycles. The summed E-state index contributed by atoms with van der Waals surface area (Å²) in [5, 5.41) is 6.59. The van der Waals surface area contributed by atoms with Gasteiger partial charge in [-0.25, -0.2) is 4.99 Å². The lowest BCUT2D eigenvalue weighted by Crippen LogP contribution is -2.38. The molecule has 0 fully saturated rings. The zero-order valence-electron chi connectivity index (χ0n) is 14.4. The zero-order valence-corrected chi connectivity index (χ0v) is 14.4. The van der Waals surface area contributed by atoms with Crippen LogP contribution in [0.4, 0.5) is 5.69 Å². The maximum atomic E-state index is 5.33. The quantitative estimate of drug-likeness (QED) is 0.417. The number of rotatable bonds is 9. The highest BCUT2D eigenvalue weighted by molar-refractivity contribution is 5.79. The zero-order chi connectivity index (χ0) is 16.2. The van der Waals surface area contributed by atoms with Crippen LogP contribution in [0.15, 0.2) is 29.3 Å². The predicted octanol–water partition coefficient (Wildman–Crippen LogP) is 2.23. The Morgan fingerprint density at radius 1 is 1.14 bits per heavy atom. The van der Waals surface area contributed by atoms with Crippen molar-refractivity contribution in [3.05, 3.63) is 29.8 Å². The van der Waals surface area contributed by atoms with E-state index in [4.69, 9.17) is 4.74 Å². The second kappa shape index (κ2) is 10.9. The average molecular weight is 306 g/mol. The predicted molar refractivity (Wildman–Crippen MR) is 94.7 cm³/mol. The molecule has 0 atom stereocenters. The summed E-state index contributed by atoms with van der Waals surface area (Å²) in [6, 6.07) is 8.48. The molecule has 0 radical (unpaired) electrons. The Labute approximate surface area is 134 Å². The van der Waals surface area contributed by atoms with Gasteiger partial charge in [-0.1, -0.05) is 12.1 Å². The van der Waals surface area contributed by atoms with E-state index in [1.54, 1.807) is 0 Å². The Morgan fingerprint density at radius 2 is 1.86 bits per heavy atom. The summed E-state index contributed by atoms with van der Waals surface area (Å²) in [5.41, 5.74) is 2.41. The van der Waals surface area contributed by atoms with Crippen LogP contribution < -0.4 is 15.5 Å². The molecule has 22 heavy (non-hydrogen) atoms. The molecule has 0 aliphatic heterocycles. The molecule has 1 rings (SSSR count). The maximum absolute atomic E-state index is 5.33. The van der Waals surface area contributed by atoms with Crippen molar-refractivity contribution in [1.82, 2.24) is 10.6 Å². The van der Waals surface area contributed by atoms with Crippen molar-refractivity contribution in [3.8, 4) is 0 Å². The van der Waals surface area contributed by atoms with Gasteiger partial charge in [-0.05, 0) is 38.0 Å². The molecule has 0 saturated carbocycles. The minimum absolute atomic E-state index is 0.675. The lowest BCUT2D eigenvalue weighted by Gasteiger charge is -2.13. The van der Waals surface area contributed by atoms with Crippen LogP contribution in [0.25, 0.3) is 0 Å². The van der Waals surface area contributed by atoms with Gasteiger partial charge in [0.2, 0.25) is 0 Å². The Balaban J connectivity index is 2.46. The molecule has 0 aliphatic rings. The third-order valence-corrected chi connectivity index (χ3v) is 3.18. The number of benzene rings is 1. The van der Waals surface area contributed by atoms with E-state index >= 15 is 0 Å². The van der Waals surface area contributed by atoms with Gasteiger partial charge >= 0.3 is 0 Å². The van der Waals surface area contributed by atoms with Crippen LogP contribution in [0.5, 0.6) is 0 Å². The van der Waals surface area contributed by atoms with E-state index in [0.29, 0.717) is 6.54 Å². The first-order valence-corrected chi connectivity index (χ1v) is 8.03. The largest absolute Gasteiger partial charge is 0.382 e. The van der Waals surface area contributed by atoms with E-state index in [2.05, 4.69) is 51.7 Å². The van der Waals surface area contributed by atoms with Crippen LogP contribution in [0, 0.1) is 0 Å². The van der Waals surface area contributed by atoms with Crippen molar-refractivity contribution in [1.29, 1.82) is 0 Å². The van der Waals surface area contributed by atoms with Crippen molar-refractivity contribution in [2.24, 2.45) is 4.99 Å². The van der Waals surface area contributed by atoms with Gasteiger partial charge in [0.05, 0.1) is 6.54 Å². The highest BCUT2D eigenvalue weighted by atomic mass is 16.5. The lowest BCUT2D eigenvalue weighted by molar-refractivity contribution is 0.145. The number of hydrogen-bond acceptors (Lipinski definition) is 3. The molecule has 0 aliphatic carbocycles. The molecule has 0 spiro atoms. The summed E-state index contributed by atoms with van der Waals surface area (Å²) in [4.78, 5) is 6.71. The fourth-order valence-corrected chi connectivity index (χ4v) is 1.94. The van der Waals surface area contributed by atoms with E-state index in [-0.39, 0.29) is 0 Å². The van der Waals surface area contributed by atoms with Gasteiger partial charge in [-0.2, -0.15) is 0 Å². The van der Waals surface area contributed by atoms with Crippen molar-refractivity contribution in [2.75, 3.05) is 45.3 Å². The number of guanidine groups is 1. The SMILES string of the molecule is CCNC(=NCc1ccc(N(C)C)cc1)NCCCOCC. The molecule has 0 unspecified atom stereocenters. The third-order valence-electron chi connectivity index (χ3n) is 3.18. The Kier molecular flexibility index (Phi) is 9.07. The molecule has 0 amide bonds. The molecule has 124 valence electrons. The molecular formula is C17H30N4O. The summed E-state index contributed by atoms with van der Waals surface area (Å²) < 4.78 is 5.33. The first kappa shape index (κ1) is 18.3. The number of anilines is 1. The lowest BCUT2D eigenvalue weighted by atomic mass is 10.2. The molecular weight excluding hydrogens is 276 g/mol. The number of ether oxygens (including phenoxy) is 1. The van der Waals surface area contributed by atoms with Gasteiger partial charge in [0.1, 0.15) is 0 Å². The van der Waals surface area contributed by atoms with Crippen LogP contribution in [0.2, 0.25) is 0 Å². The van der Waals surface area contributed by atoms with Crippen LogP contribution in [-0.2, 0) is 11.3 Å². The molecule has 1 aromatic rings. The number of aliphatic imine (C=N–C) groups is 1. The average Bonchev–Trinajstić information content (AvgIpc) is 2.52. The first-order valence-electron chi connectivity index (χ1n) is 8.03. The number of nitrogens with one attached hydrogen (secondary N) is 2. The van der Waals surface area contributed by atoms with Crippen LogP contribution in [0.1, 0.15) is 25.8 Å². The monoisotopic (exact) mass is 306 g/mol. The number of nitrogens with zero attached hydrogens (tertiary/aromatic N) is 2. The van der Waals surface area contributed by atoms with Crippen LogP contribution >= 0.6 is 0 Å². The van der Waals surface area contributed by atoms with E-state index in [1.165, 1.54) is 11.3 Å². The number of hydrogen-bond donors (Lipinski definition) is 2. The smallest absolute Gasteiger partial charge is 0.191 e. The summed E-state index contributed by atoms with van der Waals surface area (Å²) in [6.07, 6.45) is 0.982. The van der Waals surface area contributed by atoms with Crippen LogP contribution in [-0.4, -0.2) is 46.4 Å². The van der Waals surface area contributed by atoms with Gasteiger partial charge in [0, 0.05) is 46.1 Å². The third kappa shape index (κ3) is 7.31. The Morgan fingerprint density at radius 3 is 2.45 bits per heavy atom. The van der Waals surface area contributed by atoms with Gasteiger partial charge < -0.3 is 20.3 Å². The normalized spacial score (nSPS) is 11.4. The molecule has 5 nitrogen and oxygen atoms in total. The molecule has 0 saturated heterocycles. The minimum Gasteiger partial charge on any atom is -0.382 e. The molecule has 0 bridgehead atoms. The Bertz CT molecular complexity index is 429. The standard InChI is InChI=1S/C17H30N4O/c1-5-18-17(19-12-7-13-22-6-2)20-14-15-8-10-16(11-9-15)21(3)4/h8-11H,5-7,12-14H2,1-4H3,(H2,18,19,20). The minimum atomic E-state index is 0.675. The Hall–Kier alpha value is -1.75. The summed E-state index contributed by atoms with van der Waals surface area (Å²) in [5.74, 6) is 0.857. The maximum Gasteiger partial charge on any atom is 0.191 e. The van der Waals surface area contributed by atoms with Crippen molar-refractivity contribution < 1.29 is 4.74 Å². The van der Waals surface area contributed by atoms with E-state index < -0.39 is 0 Å². The topological polar surface area (TPSA) is 48.9 Å². The van der Waals surface area contributed by atoms with Gasteiger partial charge in [-0.3, -0.25) is 0 Å². The molecule has 0 aromatic heterocycles. The second-order valence-electron chi connectivity index (χ2n) is 5.23. The van der Waals surface area contributed by atoms with Gasteiger partial charge in [0.15, 0.2) is 5.96 Å². The highest BCUT2D eigenvalue weighted by Crippen LogP contribution is 2.12. The summed E-state index contributed by atoms with van der Waals surface area (Å²) in [6.45, 7) is 8.05. The van der Waals surface area contributed by atoms with E-state index in [9.17, 15) is 0 Å². The fourth-order valence-electron chi connectivity index (χ4n) is 1.94. The van der Waals surface area contributed by atoms with E-state index in [0.717, 1.165) is 38.7 Å². The molecule has 2 N–H and O–H groups in total.